The Kier molecular flexibility index (Phi) is 4.55. The average molecular weight is 260 g/mol. The molecule has 2 rings (SSSR count). The molecule has 2 amide bonds. The van der Waals surface area contributed by atoms with Gasteiger partial charge in [0, 0.05) is 6.54 Å². The molecule has 19 heavy (non-hydrogen) atoms. The van der Waals surface area contributed by atoms with Gasteiger partial charge in [0.05, 0.1) is 6.54 Å². The number of piperazine rings is 1. The fourth-order valence-corrected chi connectivity index (χ4v) is 2.31. The fraction of sp³-hybridized carbons (Fsp3) is 0.467. The van der Waals surface area contributed by atoms with E-state index in [9.17, 15) is 9.59 Å². The third-order valence-electron chi connectivity index (χ3n) is 3.34. The number of rotatable bonds is 5. The van der Waals surface area contributed by atoms with Crippen LogP contribution >= 0.6 is 0 Å². The van der Waals surface area contributed by atoms with Crippen LogP contribution in [0.3, 0.4) is 0 Å². The van der Waals surface area contributed by atoms with Gasteiger partial charge in [-0.3, -0.25) is 9.59 Å². The molecule has 1 aliphatic rings. The van der Waals surface area contributed by atoms with Crippen molar-refractivity contribution in [3.05, 3.63) is 35.9 Å². The Morgan fingerprint density at radius 1 is 1.26 bits per heavy atom. The van der Waals surface area contributed by atoms with Gasteiger partial charge >= 0.3 is 0 Å². The van der Waals surface area contributed by atoms with Gasteiger partial charge in [0.2, 0.25) is 11.8 Å². The number of nitrogens with one attached hydrogen (secondary N) is 1. The van der Waals surface area contributed by atoms with E-state index >= 15 is 0 Å². The highest BCUT2D eigenvalue weighted by Gasteiger charge is 2.31. The monoisotopic (exact) mass is 260 g/mol. The van der Waals surface area contributed by atoms with Gasteiger partial charge in [-0.15, -0.1) is 0 Å². The Labute approximate surface area is 113 Å². The quantitative estimate of drug-likeness (QED) is 0.876. The zero-order chi connectivity index (χ0) is 13.7. The van der Waals surface area contributed by atoms with E-state index < -0.39 is 0 Å². The molecule has 0 unspecified atom stereocenters. The molecule has 1 heterocycles. The van der Waals surface area contributed by atoms with Crippen LogP contribution < -0.4 is 5.32 Å². The summed E-state index contributed by atoms with van der Waals surface area (Å²) in [6.07, 6.45) is 2.71. The molecule has 0 aliphatic carbocycles. The zero-order valence-corrected chi connectivity index (χ0v) is 11.3. The Bertz CT molecular complexity index is 445. The number of amides is 2. The first-order valence-corrected chi connectivity index (χ1v) is 6.82. The van der Waals surface area contributed by atoms with Gasteiger partial charge in [-0.25, -0.2) is 0 Å². The van der Waals surface area contributed by atoms with E-state index in [4.69, 9.17) is 0 Å². The molecule has 1 N–H and O–H groups in total. The molecule has 102 valence electrons. The first-order chi connectivity index (χ1) is 9.20. The molecule has 1 aromatic rings. The summed E-state index contributed by atoms with van der Waals surface area (Å²) in [5, 5.41) is 2.79. The van der Waals surface area contributed by atoms with Gasteiger partial charge in [0.25, 0.3) is 0 Å². The van der Waals surface area contributed by atoms with Crippen molar-refractivity contribution in [2.45, 2.75) is 38.8 Å². The molecule has 1 atom stereocenters. The molecule has 1 fully saturated rings. The number of carbonyl (C=O) groups excluding carboxylic acids is 2. The first kappa shape index (κ1) is 13.6. The summed E-state index contributed by atoms with van der Waals surface area (Å²) in [4.78, 5) is 25.6. The molecule has 0 radical (unpaired) electrons. The van der Waals surface area contributed by atoms with Crippen LogP contribution in [0.2, 0.25) is 0 Å². The number of benzene rings is 1. The number of nitrogens with zero attached hydrogens (tertiary/aromatic N) is 1. The highest BCUT2D eigenvalue weighted by Crippen LogP contribution is 2.12. The molecule has 4 heteroatoms. The van der Waals surface area contributed by atoms with Gasteiger partial charge in [-0.05, 0) is 12.0 Å². The third-order valence-corrected chi connectivity index (χ3v) is 3.34. The molecular formula is C15H20N2O2. The van der Waals surface area contributed by atoms with Gasteiger partial charge in [0.1, 0.15) is 6.04 Å². The summed E-state index contributed by atoms with van der Waals surface area (Å²) in [5.74, 6) is -0.0199. The van der Waals surface area contributed by atoms with Crippen LogP contribution in [0.5, 0.6) is 0 Å². The van der Waals surface area contributed by atoms with Gasteiger partial charge in [-0.1, -0.05) is 50.1 Å². The van der Waals surface area contributed by atoms with E-state index in [2.05, 4.69) is 12.2 Å². The third kappa shape index (κ3) is 3.56. The lowest BCUT2D eigenvalue weighted by molar-refractivity contribution is -0.145. The van der Waals surface area contributed by atoms with Gasteiger partial charge in [0.15, 0.2) is 0 Å². The van der Waals surface area contributed by atoms with Crippen LogP contribution in [-0.4, -0.2) is 29.3 Å². The van der Waals surface area contributed by atoms with Crippen molar-refractivity contribution < 1.29 is 9.59 Å². The van der Waals surface area contributed by atoms with Crippen LogP contribution in [-0.2, 0) is 16.1 Å². The number of unbranched alkanes of at least 4 members (excludes halogenated alkanes) is 1. The Morgan fingerprint density at radius 3 is 2.68 bits per heavy atom. The van der Waals surface area contributed by atoms with Crippen molar-refractivity contribution in [2.75, 3.05) is 6.54 Å². The second kappa shape index (κ2) is 6.36. The molecule has 0 spiro atoms. The lowest BCUT2D eigenvalue weighted by Crippen LogP contribution is -2.57. The maximum absolute atomic E-state index is 12.3. The van der Waals surface area contributed by atoms with E-state index in [0.29, 0.717) is 6.54 Å². The van der Waals surface area contributed by atoms with E-state index in [0.717, 1.165) is 24.8 Å². The standard InChI is InChI=1S/C15H20N2O2/c1-2-3-9-13-15(19)17(11-14(18)16-13)10-12-7-5-4-6-8-12/h4-8,13H,2-3,9-11H2,1H3,(H,16,18)/t13-/m1/s1. The van der Waals surface area contributed by atoms with E-state index in [1.54, 1.807) is 4.90 Å². The highest BCUT2D eigenvalue weighted by molar-refractivity contribution is 5.94. The minimum Gasteiger partial charge on any atom is -0.343 e. The lowest BCUT2D eigenvalue weighted by atomic mass is 10.1. The summed E-state index contributed by atoms with van der Waals surface area (Å²) in [5.41, 5.74) is 1.06. The first-order valence-electron chi connectivity index (χ1n) is 6.82. The highest BCUT2D eigenvalue weighted by atomic mass is 16.2. The molecule has 0 saturated carbocycles. The van der Waals surface area contributed by atoms with Crippen molar-refractivity contribution in [3.8, 4) is 0 Å². The van der Waals surface area contributed by atoms with Crippen LogP contribution in [0.4, 0.5) is 0 Å². The maximum atomic E-state index is 12.3. The summed E-state index contributed by atoms with van der Waals surface area (Å²) in [7, 11) is 0. The smallest absolute Gasteiger partial charge is 0.245 e. The molecule has 1 saturated heterocycles. The Balaban J connectivity index is 2.03. The normalized spacial score (nSPS) is 19.4. The molecular weight excluding hydrogens is 240 g/mol. The van der Waals surface area contributed by atoms with Gasteiger partial charge in [-0.2, -0.15) is 0 Å². The predicted molar refractivity (Wildman–Crippen MR) is 73.3 cm³/mol. The maximum Gasteiger partial charge on any atom is 0.245 e. The van der Waals surface area contributed by atoms with Crippen molar-refractivity contribution in [1.29, 1.82) is 0 Å². The molecule has 1 aromatic carbocycles. The second-order valence-electron chi connectivity index (χ2n) is 4.94. The van der Waals surface area contributed by atoms with Crippen molar-refractivity contribution in [2.24, 2.45) is 0 Å². The van der Waals surface area contributed by atoms with Crippen LogP contribution in [0.15, 0.2) is 30.3 Å². The fourth-order valence-electron chi connectivity index (χ4n) is 2.31. The minimum atomic E-state index is -0.343. The topological polar surface area (TPSA) is 49.4 Å². The van der Waals surface area contributed by atoms with Crippen LogP contribution in [0.25, 0.3) is 0 Å². The molecule has 1 aliphatic heterocycles. The summed E-state index contributed by atoms with van der Waals surface area (Å²) >= 11 is 0. The summed E-state index contributed by atoms with van der Waals surface area (Å²) in [6, 6.07) is 9.43. The molecule has 0 bridgehead atoms. The largest absolute Gasteiger partial charge is 0.343 e. The van der Waals surface area contributed by atoms with Crippen LogP contribution in [0, 0.1) is 0 Å². The molecule has 4 nitrogen and oxygen atoms in total. The van der Waals surface area contributed by atoms with E-state index in [1.165, 1.54) is 0 Å². The second-order valence-corrected chi connectivity index (χ2v) is 4.94. The Morgan fingerprint density at radius 2 is 2.00 bits per heavy atom. The van der Waals surface area contributed by atoms with Crippen molar-refractivity contribution in [1.82, 2.24) is 10.2 Å². The minimum absolute atomic E-state index is 0.0388. The number of hydrogen-bond acceptors (Lipinski definition) is 2. The van der Waals surface area contributed by atoms with E-state index in [1.807, 2.05) is 30.3 Å². The average Bonchev–Trinajstić information content (AvgIpc) is 2.42. The SMILES string of the molecule is CCCC[C@H]1NC(=O)CN(Cc2ccccc2)C1=O. The summed E-state index contributed by atoms with van der Waals surface area (Å²) in [6.45, 7) is 2.75. The Hall–Kier alpha value is -1.84. The number of hydrogen-bond donors (Lipinski definition) is 1. The predicted octanol–water partition coefficient (Wildman–Crippen LogP) is 1.70. The lowest BCUT2D eigenvalue weighted by Gasteiger charge is -2.32. The van der Waals surface area contributed by atoms with Crippen molar-refractivity contribution >= 4 is 11.8 Å². The summed E-state index contributed by atoms with van der Waals surface area (Å²) < 4.78 is 0. The van der Waals surface area contributed by atoms with E-state index in [-0.39, 0.29) is 24.4 Å². The zero-order valence-electron chi connectivity index (χ0n) is 11.3. The molecule has 0 aromatic heterocycles. The van der Waals surface area contributed by atoms with Gasteiger partial charge < -0.3 is 10.2 Å². The van der Waals surface area contributed by atoms with Crippen LogP contribution in [0.1, 0.15) is 31.7 Å². The van der Waals surface area contributed by atoms with Crippen molar-refractivity contribution in [3.63, 3.8) is 0 Å². The number of carbonyl (C=O) groups is 2.